The van der Waals surface area contributed by atoms with Crippen LogP contribution in [0.2, 0.25) is 5.02 Å². The van der Waals surface area contributed by atoms with E-state index in [2.05, 4.69) is 0 Å². The molecule has 0 saturated heterocycles. The first kappa shape index (κ1) is 12.7. The van der Waals surface area contributed by atoms with E-state index in [1.165, 1.54) is 24.1 Å². The lowest BCUT2D eigenvalue weighted by Gasteiger charge is -2.16. The topological polar surface area (TPSA) is 22.0 Å². The van der Waals surface area contributed by atoms with Gasteiger partial charge in [0, 0.05) is 22.0 Å². The van der Waals surface area contributed by atoms with Gasteiger partial charge in [-0.15, -0.1) is 0 Å². The summed E-state index contributed by atoms with van der Waals surface area (Å²) in [6.07, 6.45) is 4.43. The van der Waals surface area contributed by atoms with Crippen LogP contribution >= 0.6 is 11.6 Å². The van der Waals surface area contributed by atoms with E-state index < -0.39 is 0 Å². The highest BCUT2D eigenvalue weighted by molar-refractivity contribution is 6.31. The molecule has 1 aliphatic carbocycles. The Balaban J connectivity index is 2.33. The molecule has 1 heterocycles. The van der Waals surface area contributed by atoms with Crippen LogP contribution < -0.4 is 0 Å². The highest BCUT2D eigenvalue weighted by Crippen LogP contribution is 2.34. The van der Waals surface area contributed by atoms with E-state index in [4.69, 9.17) is 11.6 Å². The highest BCUT2D eigenvalue weighted by atomic mass is 35.5. The molecule has 3 rings (SSSR count). The molecule has 0 N–H and O–H groups in total. The van der Waals surface area contributed by atoms with Crippen LogP contribution in [0.5, 0.6) is 0 Å². The molecule has 0 bridgehead atoms. The normalized spacial score (nSPS) is 14.9. The number of nitrogens with zero attached hydrogens (tertiary/aromatic N) is 1. The highest BCUT2D eigenvalue weighted by Gasteiger charge is 2.24. The summed E-state index contributed by atoms with van der Waals surface area (Å²) >= 11 is 6.12. The van der Waals surface area contributed by atoms with Gasteiger partial charge >= 0.3 is 0 Å². The minimum Gasteiger partial charge on any atom is -0.284 e. The first-order valence-corrected chi connectivity index (χ1v) is 7.33. The Kier molecular flexibility index (Phi) is 3.14. The Morgan fingerprint density at radius 3 is 2.74 bits per heavy atom. The third-order valence-corrected chi connectivity index (χ3v) is 4.18. The molecule has 2 aromatic rings. The quantitative estimate of drug-likeness (QED) is 0.753. The molecule has 1 aromatic carbocycles. The van der Waals surface area contributed by atoms with Crippen molar-refractivity contribution in [3.8, 4) is 0 Å². The molecule has 0 saturated carbocycles. The number of rotatable bonds is 1. The van der Waals surface area contributed by atoms with Gasteiger partial charge in [0.15, 0.2) is 0 Å². The van der Waals surface area contributed by atoms with Crippen LogP contribution in [0, 0.1) is 5.92 Å². The molecule has 1 aliphatic rings. The number of halogens is 1. The fourth-order valence-electron chi connectivity index (χ4n) is 3.03. The summed E-state index contributed by atoms with van der Waals surface area (Å²) in [5.74, 6) is 0.202. The van der Waals surface area contributed by atoms with E-state index in [0.29, 0.717) is 0 Å². The number of hydrogen-bond acceptors (Lipinski definition) is 1. The number of benzene rings is 1. The monoisotopic (exact) mass is 275 g/mol. The largest absolute Gasteiger partial charge is 0.284 e. The van der Waals surface area contributed by atoms with E-state index in [1.807, 2.05) is 36.6 Å². The molecule has 100 valence electrons. The van der Waals surface area contributed by atoms with E-state index in [0.717, 1.165) is 28.8 Å². The van der Waals surface area contributed by atoms with Crippen molar-refractivity contribution in [1.82, 2.24) is 4.57 Å². The van der Waals surface area contributed by atoms with Crippen molar-refractivity contribution in [2.24, 2.45) is 5.92 Å². The van der Waals surface area contributed by atoms with Crippen LogP contribution in [0.1, 0.15) is 42.7 Å². The van der Waals surface area contributed by atoms with Crippen molar-refractivity contribution < 1.29 is 4.79 Å². The second-order valence-electron chi connectivity index (χ2n) is 5.62. The molecule has 3 heteroatoms. The second kappa shape index (κ2) is 4.68. The summed E-state index contributed by atoms with van der Waals surface area (Å²) in [4.78, 5) is 12.5. The average molecular weight is 276 g/mol. The summed E-state index contributed by atoms with van der Waals surface area (Å²) in [7, 11) is 0. The SMILES string of the molecule is CC(C)C(=O)n1c2c(c3cc(Cl)ccc31)CCCC2. The lowest BCUT2D eigenvalue weighted by atomic mass is 9.95. The van der Waals surface area contributed by atoms with Gasteiger partial charge in [-0.3, -0.25) is 9.36 Å². The van der Waals surface area contributed by atoms with Crippen LogP contribution in [0.15, 0.2) is 18.2 Å². The zero-order chi connectivity index (χ0) is 13.6. The van der Waals surface area contributed by atoms with E-state index in [1.54, 1.807) is 0 Å². The van der Waals surface area contributed by atoms with Crippen molar-refractivity contribution >= 4 is 28.4 Å². The van der Waals surface area contributed by atoms with Gasteiger partial charge < -0.3 is 0 Å². The summed E-state index contributed by atoms with van der Waals surface area (Å²) in [5, 5.41) is 1.91. The third-order valence-electron chi connectivity index (χ3n) is 3.95. The van der Waals surface area contributed by atoms with Gasteiger partial charge in [0.2, 0.25) is 5.91 Å². The zero-order valence-electron chi connectivity index (χ0n) is 11.4. The molecular formula is C16H18ClNO. The number of carbonyl (C=O) groups is 1. The predicted octanol–water partition coefficient (Wildman–Crippen LogP) is 4.47. The summed E-state index contributed by atoms with van der Waals surface area (Å²) in [6.45, 7) is 3.92. The molecule has 0 aliphatic heterocycles. The fraction of sp³-hybridized carbons (Fsp3) is 0.438. The predicted molar refractivity (Wildman–Crippen MR) is 79.1 cm³/mol. The minimum absolute atomic E-state index is 0.0114. The average Bonchev–Trinajstić information content (AvgIpc) is 2.72. The summed E-state index contributed by atoms with van der Waals surface area (Å²) in [5.41, 5.74) is 3.56. The van der Waals surface area contributed by atoms with E-state index in [-0.39, 0.29) is 11.8 Å². The number of aryl methyl sites for hydroxylation is 1. The number of fused-ring (bicyclic) bond motifs is 3. The van der Waals surface area contributed by atoms with Gasteiger partial charge in [0.1, 0.15) is 0 Å². The van der Waals surface area contributed by atoms with Crippen LogP contribution in [0.25, 0.3) is 10.9 Å². The van der Waals surface area contributed by atoms with Crippen LogP contribution in [-0.4, -0.2) is 10.5 Å². The lowest BCUT2D eigenvalue weighted by molar-refractivity contribution is 0.0857. The first-order valence-electron chi connectivity index (χ1n) is 6.95. The second-order valence-corrected chi connectivity index (χ2v) is 6.06. The molecule has 19 heavy (non-hydrogen) atoms. The van der Waals surface area contributed by atoms with Gasteiger partial charge in [-0.2, -0.15) is 0 Å². The Labute approximate surface area is 118 Å². The Hall–Kier alpha value is -1.28. The van der Waals surface area contributed by atoms with Gasteiger partial charge in [-0.25, -0.2) is 0 Å². The Morgan fingerprint density at radius 2 is 2.00 bits per heavy atom. The molecule has 0 fully saturated rings. The maximum Gasteiger partial charge on any atom is 0.233 e. The van der Waals surface area contributed by atoms with Crippen molar-refractivity contribution in [2.45, 2.75) is 39.5 Å². The number of hydrogen-bond donors (Lipinski definition) is 0. The fourth-order valence-corrected chi connectivity index (χ4v) is 3.20. The minimum atomic E-state index is 0.0114. The van der Waals surface area contributed by atoms with Crippen molar-refractivity contribution in [1.29, 1.82) is 0 Å². The number of carbonyl (C=O) groups excluding carboxylic acids is 1. The van der Waals surface area contributed by atoms with Crippen LogP contribution in [0.3, 0.4) is 0 Å². The third kappa shape index (κ3) is 1.99. The molecule has 0 atom stereocenters. The van der Waals surface area contributed by atoms with Crippen LogP contribution in [0.4, 0.5) is 0 Å². The van der Waals surface area contributed by atoms with Crippen molar-refractivity contribution in [3.05, 3.63) is 34.5 Å². The van der Waals surface area contributed by atoms with Crippen molar-refractivity contribution in [3.63, 3.8) is 0 Å². The molecule has 0 radical (unpaired) electrons. The zero-order valence-corrected chi connectivity index (χ0v) is 12.1. The molecule has 0 unspecified atom stereocenters. The van der Waals surface area contributed by atoms with E-state index >= 15 is 0 Å². The maximum absolute atomic E-state index is 12.5. The Morgan fingerprint density at radius 1 is 1.26 bits per heavy atom. The number of aromatic nitrogens is 1. The molecule has 0 spiro atoms. The molecular weight excluding hydrogens is 258 g/mol. The Bertz CT molecular complexity index is 654. The molecule has 1 aromatic heterocycles. The molecule has 2 nitrogen and oxygen atoms in total. The maximum atomic E-state index is 12.5. The standard InChI is InChI=1S/C16H18ClNO/c1-10(2)16(19)18-14-6-4-3-5-12(14)13-9-11(17)7-8-15(13)18/h7-10H,3-6H2,1-2H3. The van der Waals surface area contributed by atoms with E-state index in [9.17, 15) is 4.79 Å². The van der Waals surface area contributed by atoms with Crippen molar-refractivity contribution in [2.75, 3.05) is 0 Å². The lowest BCUT2D eigenvalue weighted by Crippen LogP contribution is -2.20. The summed E-state index contributed by atoms with van der Waals surface area (Å²) < 4.78 is 1.94. The smallest absolute Gasteiger partial charge is 0.233 e. The van der Waals surface area contributed by atoms with Gasteiger partial charge in [0.25, 0.3) is 0 Å². The summed E-state index contributed by atoms with van der Waals surface area (Å²) in [6, 6.07) is 5.86. The van der Waals surface area contributed by atoms with Gasteiger partial charge in [-0.1, -0.05) is 25.4 Å². The van der Waals surface area contributed by atoms with Gasteiger partial charge in [0.05, 0.1) is 5.52 Å². The molecule has 0 amide bonds. The first-order chi connectivity index (χ1) is 9.09. The van der Waals surface area contributed by atoms with Crippen LogP contribution in [-0.2, 0) is 12.8 Å². The van der Waals surface area contributed by atoms with Gasteiger partial charge in [-0.05, 0) is 49.4 Å².